The maximum Gasteiger partial charge on any atom is 0.150 e. The summed E-state index contributed by atoms with van der Waals surface area (Å²) in [5, 5.41) is 10.6. The van der Waals surface area contributed by atoms with Gasteiger partial charge in [0.15, 0.2) is 5.82 Å². The number of anilines is 1. The molecule has 0 amide bonds. The van der Waals surface area contributed by atoms with Crippen LogP contribution in [0.15, 0.2) is 0 Å². The number of hydrogen-bond donors (Lipinski definition) is 2. The Morgan fingerprint density at radius 3 is 2.92 bits per heavy atom. The van der Waals surface area contributed by atoms with Gasteiger partial charge in [-0.25, -0.2) is 0 Å². The molecule has 0 unspecified atom stereocenters. The van der Waals surface area contributed by atoms with Crippen molar-refractivity contribution in [1.82, 2.24) is 10.2 Å². The number of aromatic amines is 1. The number of H-pyrrole nitrogens is 1. The van der Waals surface area contributed by atoms with Crippen LogP contribution < -0.4 is 5.32 Å². The Balaban J connectivity index is 2.21. The average Bonchev–Trinajstić information content (AvgIpc) is 2.82. The monoisotopic (exact) mass is 165 g/mol. The highest BCUT2D eigenvalue weighted by molar-refractivity contribution is 5.47. The molecule has 1 saturated carbocycles. The summed E-state index contributed by atoms with van der Waals surface area (Å²) in [4.78, 5) is 0. The minimum atomic E-state index is 0.768. The fourth-order valence-electron chi connectivity index (χ4n) is 1.52. The van der Waals surface area contributed by atoms with Gasteiger partial charge in [0, 0.05) is 23.7 Å². The van der Waals surface area contributed by atoms with E-state index in [9.17, 15) is 0 Å². The van der Waals surface area contributed by atoms with Crippen molar-refractivity contribution in [3.63, 3.8) is 0 Å². The van der Waals surface area contributed by atoms with Gasteiger partial charge in [-0.2, -0.15) is 5.10 Å². The summed E-state index contributed by atoms with van der Waals surface area (Å²) >= 11 is 0. The molecule has 2 N–H and O–H groups in total. The van der Waals surface area contributed by atoms with E-state index in [0.29, 0.717) is 0 Å². The third kappa shape index (κ3) is 1.19. The number of rotatable bonds is 3. The summed E-state index contributed by atoms with van der Waals surface area (Å²) in [7, 11) is 0. The van der Waals surface area contributed by atoms with Crippen LogP contribution in [0.1, 0.15) is 36.9 Å². The molecular weight excluding hydrogens is 150 g/mol. The highest BCUT2D eigenvalue weighted by Gasteiger charge is 2.27. The maximum absolute atomic E-state index is 4.23. The smallest absolute Gasteiger partial charge is 0.150 e. The first kappa shape index (κ1) is 7.65. The van der Waals surface area contributed by atoms with Crippen LogP contribution in [0.4, 0.5) is 5.82 Å². The number of aromatic nitrogens is 2. The van der Waals surface area contributed by atoms with Crippen LogP contribution in [0, 0.1) is 6.92 Å². The van der Waals surface area contributed by atoms with E-state index in [-0.39, 0.29) is 0 Å². The Labute approximate surface area is 72.6 Å². The predicted molar refractivity (Wildman–Crippen MR) is 49.5 cm³/mol. The standard InChI is InChI=1S/C9H15N3/c1-3-10-9-6(2)8(11-12-9)7-4-5-7/h7H,3-5H2,1-2H3,(H2,10,11,12). The zero-order valence-corrected chi connectivity index (χ0v) is 7.65. The van der Waals surface area contributed by atoms with Gasteiger partial charge in [0.2, 0.25) is 0 Å². The van der Waals surface area contributed by atoms with Crippen LogP contribution in [-0.2, 0) is 0 Å². The van der Waals surface area contributed by atoms with E-state index < -0.39 is 0 Å². The molecule has 3 nitrogen and oxygen atoms in total. The molecule has 1 aliphatic rings. The first-order chi connectivity index (χ1) is 5.83. The molecule has 0 bridgehead atoms. The topological polar surface area (TPSA) is 40.7 Å². The molecule has 1 aliphatic carbocycles. The Bertz CT molecular complexity index is 273. The van der Waals surface area contributed by atoms with Crippen molar-refractivity contribution >= 4 is 5.82 Å². The summed E-state index contributed by atoms with van der Waals surface area (Å²) in [5.74, 6) is 1.80. The highest BCUT2D eigenvalue weighted by Crippen LogP contribution is 2.41. The second kappa shape index (κ2) is 2.81. The Morgan fingerprint density at radius 2 is 2.33 bits per heavy atom. The van der Waals surface area contributed by atoms with Gasteiger partial charge in [-0.05, 0) is 26.7 Å². The lowest BCUT2D eigenvalue weighted by molar-refractivity contribution is 0.957. The summed E-state index contributed by atoms with van der Waals surface area (Å²) in [6, 6.07) is 0. The third-order valence-electron chi connectivity index (χ3n) is 2.38. The fraction of sp³-hybridized carbons (Fsp3) is 0.667. The summed E-state index contributed by atoms with van der Waals surface area (Å²) in [5.41, 5.74) is 2.64. The first-order valence-corrected chi connectivity index (χ1v) is 4.61. The maximum atomic E-state index is 4.23. The van der Waals surface area contributed by atoms with Gasteiger partial charge in [-0.1, -0.05) is 0 Å². The molecule has 1 fully saturated rings. The Kier molecular flexibility index (Phi) is 1.79. The quantitative estimate of drug-likeness (QED) is 0.719. The second-order valence-electron chi connectivity index (χ2n) is 3.42. The van der Waals surface area contributed by atoms with Crippen LogP contribution in [0.3, 0.4) is 0 Å². The van der Waals surface area contributed by atoms with Crippen LogP contribution in [0.25, 0.3) is 0 Å². The lowest BCUT2D eigenvalue weighted by Gasteiger charge is -1.98. The molecular formula is C9H15N3. The van der Waals surface area contributed by atoms with E-state index >= 15 is 0 Å². The number of nitrogens with one attached hydrogen (secondary N) is 2. The van der Waals surface area contributed by atoms with Crippen LogP contribution in [0.5, 0.6) is 0 Å². The number of hydrogen-bond acceptors (Lipinski definition) is 2. The molecule has 1 aromatic rings. The van der Waals surface area contributed by atoms with Crippen molar-refractivity contribution in [2.24, 2.45) is 0 Å². The second-order valence-corrected chi connectivity index (χ2v) is 3.42. The van der Waals surface area contributed by atoms with Crippen molar-refractivity contribution < 1.29 is 0 Å². The fourth-order valence-corrected chi connectivity index (χ4v) is 1.52. The van der Waals surface area contributed by atoms with Crippen molar-refractivity contribution in [2.75, 3.05) is 11.9 Å². The van der Waals surface area contributed by atoms with E-state index in [1.54, 1.807) is 0 Å². The van der Waals surface area contributed by atoms with Crippen LogP contribution >= 0.6 is 0 Å². The number of nitrogens with zero attached hydrogens (tertiary/aromatic N) is 1. The minimum Gasteiger partial charge on any atom is -0.369 e. The van der Waals surface area contributed by atoms with Crippen molar-refractivity contribution in [3.05, 3.63) is 11.3 Å². The molecule has 0 saturated heterocycles. The SMILES string of the molecule is CCNc1n[nH]c(C2CC2)c1C. The lowest BCUT2D eigenvalue weighted by Crippen LogP contribution is -1.98. The largest absolute Gasteiger partial charge is 0.369 e. The Morgan fingerprint density at radius 1 is 1.58 bits per heavy atom. The Hall–Kier alpha value is -0.990. The first-order valence-electron chi connectivity index (χ1n) is 4.61. The molecule has 3 heteroatoms. The minimum absolute atomic E-state index is 0.768. The van der Waals surface area contributed by atoms with E-state index in [2.05, 4.69) is 29.4 Å². The molecule has 12 heavy (non-hydrogen) atoms. The predicted octanol–water partition coefficient (Wildman–Crippen LogP) is 2.03. The van der Waals surface area contributed by atoms with Gasteiger partial charge in [-0.15, -0.1) is 0 Å². The third-order valence-corrected chi connectivity index (χ3v) is 2.38. The molecule has 2 rings (SSSR count). The average molecular weight is 165 g/mol. The zero-order valence-electron chi connectivity index (χ0n) is 7.65. The van der Waals surface area contributed by atoms with Gasteiger partial charge >= 0.3 is 0 Å². The van der Waals surface area contributed by atoms with E-state index in [4.69, 9.17) is 0 Å². The molecule has 66 valence electrons. The van der Waals surface area contributed by atoms with Crippen molar-refractivity contribution in [3.8, 4) is 0 Å². The summed E-state index contributed by atoms with van der Waals surface area (Å²) < 4.78 is 0. The molecule has 0 spiro atoms. The molecule has 1 heterocycles. The van der Waals surface area contributed by atoms with Gasteiger partial charge in [-0.3, -0.25) is 5.10 Å². The van der Waals surface area contributed by atoms with Crippen LogP contribution in [-0.4, -0.2) is 16.7 Å². The molecule has 1 aromatic heterocycles. The molecule has 0 radical (unpaired) electrons. The molecule has 0 atom stereocenters. The van der Waals surface area contributed by atoms with Crippen molar-refractivity contribution in [2.45, 2.75) is 32.6 Å². The molecule has 0 aromatic carbocycles. The summed E-state index contributed by atoms with van der Waals surface area (Å²) in [6.45, 7) is 5.16. The van der Waals surface area contributed by atoms with Crippen LogP contribution in [0.2, 0.25) is 0 Å². The molecule has 0 aliphatic heterocycles. The summed E-state index contributed by atoms with van der Waals surface area (Å²) in [6.07, 6.45) is 2.66. The van der Waals surface area contributed by atoms with Crippen molar-refractivity contribution in [1.29, 1.82) is 0 Å². The van der Waals surface area contributed by atoms with E-state index in [1.807, 2.05) is 0 Å². The van der Waals surface area contributed by atoms with Gasteiger partial charge in [0.25, 0.3) is 0 Å². The zero-order chi connectivity index (χ0) is 8.55. The lowest BCUT2D eigenvalue weighted by atomic mass is 10.2. The highest BCUT2D eigenvalue weighted by atomic mass is 15.2. The van der Waals surface area contributed by atoms with E-state index in [1.165, 1.54) is 24.1 Å². The van der Waals surface area contributed by atoms with Gasteiger partial charge in [0.1, 0.15) is 0 Å². The van der Waals surface area contributed by atoms with Gasteiger partial charge < -0.3 is 5.32 Å². The van der Waals surface area contributed by atoms with E-state index in [0.717, 1.165) is 18.3 Å². The van der Waals surface area contributed by atoms with Gasteiger partial charge in [0.05, 0.1) is 0 Å². The normalized spacial score (nSPS) is 16.5.